The highest BCUT2D eigenvalue weighted by atomic mass is 19.2. The molecule has 0 unspecified atom stereocenters. The number of hydrogen-bond donors (Lipinski definition) is 1. The Bertz CT molecular complexity index is 662. The van der Waals surface area contributed by atoms with Crippen LogP contribution in [0.1, 0.15) is 5.56 Å². The van der Waals surface area contributed by atoms with Crippen LogP contribution < -0.4 is 10.6 Å². The van der Waals surface area contributed by atoms with Gasteiger partial charge < -0.3 is 10.6 Å². The Labute approximate surface area is 109 Å². The molecule has 0 aliphatic rings. The third-order valence-electron chi connectivity index (χ3n) is 2.82. The fourth-order valence-electron chi connectivity index (χ4n) is 1.88. The maximum Gasteiger partial charge on any atom is 0.184 e. The van der Waals surface area contributed by atoms with Crippen molar-refractivity contribution in [2.45, 2.75) is 0 Å². The Morgan fingerprint density at radius 2 is 1.84 bits per heavy atom. The van der Waals surface area contributed by atoms with E-state index < -0.39 is 11.6 Å². The number of nitrogen functional groups attached to an aromatic ring is 1. The first-order chi connectivity index (χ1) is 9.06. The van der Waals surface area contributed by atoms with Crippen LogP contribution in [0.3, 0.4) is 0 Å². The zero-order valence-corrected chi connectivity index (χ0v) is 10.2. The highest BCUT2D eigenvalue weighted by Gasteiger charge is 2.18. The van der Waals surface area contributed by atoms with E-state index in [1.807, 2.05) is 6.07 Å². The van der Waals surface area contributed by atoms with Crippen LogP contribution in [0, 0.1) is 23.0 Å². The van der Waals surface area contributed by atoms with Crippen LogP contribution in [0.25, 0.3) is 0 Å². The van der Waals surface area contributed by atoms with Gasteiger partial charge in [-0.3, -0.25) is 0 Å². The zero-order chi connectivity index (χ0) is 14.0. The standard InChI is InChI=1S/C14H11F2N3/c1-19(12-5-3-2-4-9(12)8-17)14-11(18)7-6-10(15)13(14)16/h2-7H,18H2,1H3. The van der Waals surface area contributed by atoms with E-state index in [0.29, 0.717) is 11.3 Å². The maximum atomic E-state index is 13.9. The number of benzene rings is 2. The van der Waals surface area contributed by atoms with Gasteiger partial charge in [0.2, 0.25) is 0 Å². The maximum absolute atomic E-state index is 13.9. The Kier molecular flexibility index (Phi) is 3.34. The molecular formula is C14H11F2N3. The smallest absolute Gasteiger partial charge is 0.184 e. The van der Waals surface area contributed by atoms with Gasteiger partial charge in [-0.2, -0.15) is 5.26 Å². The minimum atomic E-state index is -1.03. The molecule has 0 aromatic heterocycles. The van der Waals surface area contributed by atoms with E-state index in [9.17, 15) is 8.78 Å². The van der Waals surface area contributed by atoms with Crippen LogP contribution in [-0.4, -0.2) is 7.05 Å². The van der Waals surface area contributed by atoms with E-state index in [1.54, 1.807) is 24.3 Å². The van der Waals surface area contributed by atoms with Crippen molar-refractivity contribution in [1.82, 2.24) is 0 Å². The summed E-state index contributed by atoms with van der Waals surface area (Å²) in [7, 11) is 1.53. The van der Waals surface area contributed by atoms with E-state index in [2.05, 4.69) is 0 Å². The summed E-state index contributed by atoms with van der Waals surface area (Å²) in [5.74, 6) is -2.01. The second-order valence-corrected chi connectivity index (χ2v) is 3.99. The van der Waals surface area contributed by atoms with Crippen molar-refractivity contribution in [3.05, 3.63) is 53.6 Å². The summed E-state index contributed by atoms with van der Waals surface area (Å²) in [5, 5.41) is 9.03. The molecule has 5 heteroatoms. The van der Waals surface area contributed by atoms with Gasteiger partial charge in [0.15, 0.2) is 11.6 Å². The Hall–Kier alpha value is -2.61. The van der Waals surface area contributed by atoms with Gasteiger partial charge in [-0.05, 0) is 24.3 Å². The van der Waals surface area contributed by atoms with Crippen LogP contribution >= 0.6 is 0 Å². The lowest BCUT2D eigenvalue weighted by molar-refractivity contribution is 0.510. The second kappa shape index (κ2) is 4.94. The SMILES string of the molecule is CN(c1ccccc1C#N)c1c(N)ccc(F)c1F. The Morgan fingerprint density at radius 3 is 2.53 bits per heavy atom. The Balaban J connectivity index is 2.60. The van der Waals surface area contributed by atoms with Crippen molar-refractivity contribution in [1.29, 1.82) is 5.26 Å². The second-order valence-electron chi connectivity index (χ2n) is 3.99. The first-order valence-corrected chi connectivity index (χ1v) is 5.52. The predicted molar refractivity (Wildman–Crippen MR) is 70.0 cm³/mol. The minimum Gasteiger partial charge on any atom is -0.397 e. The quantitative estimate of drug-likeness (QED) is 0.843. The molecule has 3 nitrogen and oxygen atoms in total. The first kappa shape index (κ1) is 12.8. The summed E-state index contributed by atoms with van der Waals surface area (Å²) in [6.45, 7) is 0. The lowest BCUT2D eigenvalue weighted by atomic mass is 10.1. The Morgan fingerprint density at radius 1 is 1.16 bits per heavy atom. The van der Waals surface area contributed by atoms with E-state index in [1.165, 1.54) is 18.0 Å². The molecule has 0 aliphatic heterocycles. The molecule has 2 N–H and O–H groups in total. The number of hydrogen-bond acceptors (Lipinski definition) is 3. The zero-order valence-electron chi connectivity index (χ0n) is 10.2. The number of halogens is 2. The molecule has 0 amide bonds. The molecule has 2 aromatic rings. The molecule has 0 heterocycles. The molecule has 0 fully saturated rings. The molecule has 0 aliphatic carbocycles. The first-order valence-electron chi connectivity index (χ1n) is 5.52. The van der Waals surface area contributed by atoms with Crippen LogP contribution in [0.5, 0.6) is 0 Å². The molecule has 0 saturated carbocycles. The lowest BCUT2D eigenvalue weighted by Crippen LogP contribution is -2.15. The largest absolute Gasteiger partial charge is 0.397 e. The number of nitrogens with zero attached hydrogens (tertiary/aromatic N) is 2. The summed E-state index contributed by atoms with van der Waals surface area (Å²) in [6.07, 6.45) is 0. The summed E-state index contributed by atoms with van der Waals surface area (Å²) < 4.78 is 27.2. The fraction of sp³-hybridized carbons (Fsp3) is 0.0714. The van der Waals surface area contributed by atoms with Crippen LogP contribution in [-0.2, 0) is 0 Å². The van der Waals surface area contributed by atoms with Gasteiger partial charge in [0, 0.05) is 7.05 Å². The van der Waals surface area contributed by atoms with Crippen molar-refractivity contribution < 1.29 is 8.78 Å². The summed E-state index contributed by atoms with van der Waals surface area (Å²) in [4.78, 5) is 1.37. The number of rotatable bonds is 2. The van der Waals surface area contributed by atoms with Crippen molar-refractivity contribution >= 4 is 17.1 Å². The molecule has 19 heavy (non-hydrogen) atoms. The van der Waals surface area contributed by atoms with Crippen molar-refractivity contribution in [2.24, 2.45) is 0 Å². The van der Waals surface area contributed by atoms with Gasteiger partial charge in [0.1, 0.15) is 11.8 Å². The molecular weight excluding hydrogens is 248 g/mol. The third-order valence-corrected chi connectivity index (χ3v) is 2.82. The van der Waals surface area contributed by atoms with E-state index in [-0.39, 0.29) is 11.4 Å². The molecule has 0 spiro atoms. The molecule has 2 aromatic carbocycles. The molecule has 0 radical (unpaired) electrons. The van der Waals surface area contributed by atoms with Gasteiger partial charge in [-0.1, -0.05) is 12.1 Å². The highest BCUT2D eigenvalue weighted by Crippen LogP contribution is 2.34. The molecule has 0 atom stereocenters. The average molecular weight is 259 g/mol. The molecule has 0 saturated heterocycles. The van der Waals surface area contributed by atoms with Crippen molar-refractivity contribution in [3.63, 3.8) is 0 Å². The average Bonchev–Trinajstić information content (AvgIpc) is 2.43. The van der Waals surface area contributed by atoms with Gasteiger partial charge in [0.25, 0.3) is 0 Å². The number of anilines is 3. The molecule has 96 valence electrons. The number of nitriles is 1. The topological polar surface area (TPSA) is 53.0 Å². The minimum absolute atomic E-state index is 0.0808. The van der Waals surface area contributed by atoms with Crippen LogP contribution in [0.4, 0.5) is 25.8 Å². The number of para-hydroxylation sites is 1. The summed E-state index contributed by atoms with van der Waals surface area (Å²) >= 11 is 0. The van der Waals surface area contributed by atoms with Gasteiger partial charge in [-0.25, -0.2) is 8.78 Å². The highest BCUT2D eigenvalue weighted by molar-refractivity contribution is 5.77. The fourth-order valence-corrected chi connectivity index (χ4v) is 1.88. The van der Waals surface area contributed by atoms with E-state index in [4.69, 9.17) is 11.0 Å². The van der Waals surface area contributed by atoms with Crippen molar-refractivity contribution in [2.75, 3.05) is 17.7 Å². The summed E-state index contributed by atoms with van der Waals surface area (Å²) in [5.41, 5.74) is 6.53. The van der Waals surface area contributed by atoms with Crippen molar-refractivity contribution in [3.8, 4) is 6.07 Å². The normalized spacial score (nSPS) is 10.0. The molecule has 2 rings (SSSR count). The van der Waals surface area contributed by atoms with Gasteiger partial charge in [-0.15, -0.1) is 0 Å². The summed E-state index contributed by atoms with van der Waals surface area (Å²) in [6, 6.07) is 10.9. The predicted octanol–water partition coefficient (Wildman–Crippen LogP) is 3.19. The lowest BCUT2D eigenvalue weighted by Gasteiger charge is -2.22. The van der Waals surface area contributed by atoms with E-state index in [0.717, 1.165) is 6.07 Å². The van der Waals surface area contributed by atoms with Crippen LogP contribution in [0.2, 0.25) is 0 Å². The molecule has 0 bridgehead atoms. The number of nitrogens with two attached hydrogens (primary N) is 1. The van der Waals surface area contributed by atoms with Crippen LogP contribution in [0.15, 0.2) is 36.4 Å². The van der Waals surface area contributed by atoms with Gasteiger partial charge in [0.05, 0.1) is 16.9 Å². The monoisotopic (exact) mass is 259 g/mol. The van der Waals surface area contributed by atoms with Gasteiger partial charge >= 0.3 is 0 Å². The third kappa shape index (κ3) is 2.20. The van der Waals surface area contributed by atoms with E-state index >= 15 is 0 Å².